The first-order chi connectivity index (χ1) is 11.7. The van der Waals surface area contributed by atoms with E-state index in [1.54, 1.807) is 9.12 Å². The van der Waals surface area contributed by atoms with E-state index in [9.17, 15) is 14.7 Å². The fourth-order valence-corrected chi connectivity index (χ4v) is 4.63. The molecule has 1 atom stereocenters. The first-order valence-electron chi connectivity index (χ1n) is 8.76. The highest BCUT2D eigenvalue weighted by Crippen LogP contribution is 2.50. The molecule has 0 amide bonds. The third kappa shape index (κ3) is 4.17. The van der Waals surface area contributed by atoms with Gasteiger partial charge in [0.25, 0.3) is 0 Å². The summed E-state index contributed by atoms with van der Waals surface area (Å²) in [7, 11) is 1.72. The van der Waals surface area contributed by atoms with Gasteiger partial charge >= 0.3 is 5.97 Å². The second-order valence-corrected chi connectivity index (χ2v) is 7.53. The largest absolute Gasteiger partial charge is 0.481 e. The van der Waals surface area contributed by atoms with E-state index in [-0.39, 0.29) is 11.7 Å². The van der Waals surface area contributed by atoms with Crippen molar-refractivity contribution in [1.82, 2.24) is 0 Å². The van der Waals surface area contributed by atoms with Gasteiger partial charge in [0.15, 0.2) is 5.78 Å². The number of rotatable bonds is 5. The molecular weight excluding hydrogens is 335 g/mol. The molecule has 138 valence electrons. The van der Waals surface area contributed by atoms with Gasteiger partial charge in [0.1, 0.15) is 9.12 Å². The molecule has 0 aromatic heterocycles. The predicted molar refractivity (Wildman–Crippen MR) is 101 cm³/mol. The molecule has 0 aliphatic heterocycles. The highest BCUT2D eigenvalue weighted by molar-refractivity contribution is 7.00. The van der Waals surface area contributed by atoms with E-state index in [4.69, 9.17) is 4.57 Å². The van der Waals surface area contributed by atoms with Crippen LogP contribution in [0.15, 0.2) is 12.1 Å². The van der Waals surface area contributed by atoms with Gasteiger partial charge in [-0.15, -0.1) is 0 Å². The number of hydrogen-bond acceptors (Lipinski definition) is 3. The Morgan fingerprint density at radius 2 is 1.48 bits per heavy atom. The van der Waals surface area contributed by atoms with E-state index >= 15 is 0 Å². The number of aliphatic carboxylic acids is 1. The Bertz CT molecular complexity index is 622. The molecule has 25 heavy (non-hydrogen) atoms. The van der Waals surface area contributed by atoms with E-state index in [0.29, 0.717) is 12.8 Å². The number of benzene rings is 1. The van der Waals surface area contributed by atoms with Crippen LogP contribution in [-0.2, 0) is 9.36 Å². The molecule has 1 aromatic rings. The summed E-state index contributed by atoms with van der Waals surface area (Å²) in [5.74, 6) is -1.46. The van der Waals surface area contributed by atoms with Crippen molar-refractivity contribution in [3.63, 3.8) is 0 Å². The van der Waals surface area contributed by atoms with Crippen molar-refractivity contribution in [3.8, 4) is 0 Å². The molecule has 1 aliphatic carbocycles. The molecule has 0 spiro atoms. The monoisotopic (exact) mass is 364 g/mol. The molecule has 1 aromatic carbocycles. The Hall–Kier alpha value is -1.54. The van der Waals surface area contributed by atoms with Crippen LogP contribution >= 0.6 is 9.12 Å². The third-order valence-corrected chi connectivity index (χ3v) is 5.38. The van der Waals surface area contributed by atoms with Gasteiger partial charge in [-0.05, 0) is 50.7 Å². The van der Waals surface area contributed by atoms with Gasteiger partial charge in [0.05, 0.1) is 5.92 Å². The van der Waals surface area contributed by atoms with E-state index in [1.165, 1.54) is 0 Å². The smallest absolute Gasteiger partial charge is 0.307 e. The normalized spacial score (nSPS) is 16.9. The molecule has 5 heteroatoms. The van der Waals surface area contributed by atoms with E-state index < -0.39 is 17.3 Å². The van der Waals surface area contributed by atoms with Crippen molar-refractivity contribution in [3.05, 3.63) is 34.4 Å². The first kappa shape index (κ1) is 21.5. The van der Waals surface area contributed by atoms with Crippen LogP contribution in [-0.4, -0.2) is 16.9 Å². The van der Waals surface area contributed by atoms with Gasteiger partial charge in [-0.25, -0.2) is 0 Å². The Morgan fingerprint density at radius 1 is 1.04 bits per heavy atom. The quantitative estimate of drug-likeness (QED) is 0.577. The summed E-state index contributed by atoms with van der Waals surface area (Å²) in [6.07, 6.45) is 3.25. The number of carboxylic acid groups (broad SMARTS) is 1. The zero-order valence-corrected chi connectivity index (χ0v) is 16.8. The van der Waals surface area contributed by atoms with Gasteiger partial charge in [-0.3, -0.25) is 14.2 Å². The van der Waals surface area contributed by atoms with E-state index in [1.807, 2.05) is 46.8 Å². The van der Waals surface area contributed by atoms with Crippen molar-refractivity contribution in [2.24, 2.45) is 17.3 Å². The van der Waals surface area contributed by atoms with Crippen molar-refractivity contribution in [2.45, 2.75) is 60.3 Å². The Kier molecular flexibility index (Phi) is 7.49. The summed E-state index contributed by atoms with van der Waals surface area (Å²) in [5.41, 5.74) is 3.06. The Balaban J connectivity index is 0.00000151. The molecule has 0 bridgehead atoms. The molecule has 2 rings (SSSR count). The van der Waals surface area contributed by atoms with E-state index in [0.717, 1.165) is 35.1 Å². The fraction of sp³-hybridized carbons (Fsp3) is 0.600. The van der Waals surface area contributed by atoms with Crippen molar-refractivity contribution >= 4 is 20.9 Å². The third-order valence-electron chi connectivity index (χ3n) is 5.38. The molecule has 1 aliphatic rings. The molecule has 1 saturated carbocycles. The summed E-state index contributed by atoms with van der Waals surface area (Å²) in [6.45, 7) is 9.78. The lowest BCUT2D eigenvalue weighted by molar-refractivity contribution is -0.147. The Labute approximate surface area is 152 Å². The van der Waals surface area contributed by atoms with Crippen LogP contribution in [0.5, 0.6) is 0 Å². The molecule has 1 fully saturated rings. The van der Waals surface area contributed by atoms with Gasteiger partial charge in [0.2, 0.25) is 0 Å². The minimum Gasteiger partial charge on any atom is -0.481 e. The zero-order chi connectivity index (χ0) is 19.4. The number of carbonyl (C=O) groups is 2. The lowest BCUT2D eigenvalue weighted by atomic mass is 9.64. The maximum absolute atomic E-state index is 13.5. The summed E-state index contributed by atoms with van der Waals surface area (Å²) >= 11 is 0. The summed E-state index contributed by atoms with van der Waals surface area (Å²) in [5, 5.41) is 9.80. The van der Waals surface area contributed by atoms with Crippen LogP contribution in [0.2, 0.25) is 0 Å². The number of carbonyl (C=O) groups excluding carboxylic acids is 1. The lowest BCUT2D eigenvalue weighted by Crippen LogP contribution is -2.44. The molecule has 0 heterocycles. The zero-order valence-electron chi connectivity index (χ0n) is 15.8. The predicted octanol–water partition coefficient (Wildman–Crippen LogP) is 5.19. The van der Waals surface area contributed by atoms with Crippen LogP contribution in [0.25, 0.3) is 0 Å². The summed E-state index contributed by atoms with van der Waals surface area (Å²) in [4.78, 5) is 25.4. The number of carboxylic acids is 1. The highest BCUT2D eigenvalue weighted by Gasteiger charge is 2.52. The van der Waals surface area contributed by atoms with Crippen molar-refractivity contribution in [1.29, 1.82) is 0 Å². The first-order valence-corrected chi connectivity index (χ1v) is 9.17. The minimum atomic E-state index is -0.835. The van der Waals surface area contributed by atoms with Gasteiger partial charge < -0.3 is 5.11 Å². The molecule has 1 unspecified atom stereocenters. The standard InChI is InChI=1S/C20H28O3.HOP/c1-12(2)17(19(22)23)20(8-6-7-9-20)18(21)16-14(4)10-13(3)11-15(16)5;1-2/h10-12,17H,6-9H2,1-5H3,(H,22,23);2H. The maximum atomic E-state index is 13.5. The van der Waals surface area contributed by atoms with Crippen LogP contribution in [0, 0.1) is 38.0 Å². The number of Topliss-reactive ketones (excluding diaryl/α,β-unsaturated/α-hetero) is 1. The topological polar surface area (TPSA) is 71.4 Å². The van der Waals surface area contributed by atoms with E-state index in [2.05, 4.69) is 0 Å². The van der Waals surface area contributed by atoms with Crippen LogP contribution in [0.3, 0.4) is 0 Å². The molecule has 4 nitrogen and oxygen atoms in total. The molecule has 0 radical (unpaired) electrons. The lowest BCUT2D eigenvalue weighted by Gasteiger charge is -2.37. The Morgan fingerprint density at radius 3 is 1.84 bits per heavy atom. The fourth-order valence-electron chi connectivity index (χ4n) is 4.63. The van der Waals surface area contributed by atoms with Gasteiger partial charge in [0, 0.05) is 11.0 Å². The minimum absolute atomic E-state index is 0.0473. The number of aryl methyl sites for hydroxylation is 3. The average Bonchev–Trinajstić information content (AvgIpc) is 2.97. The maximum Gasteiger partial charge on any atom is 0.307 e. The average molecular weight is 364 g/mol. The van der Waals surface area contributed by atoms with Crippen LogP contribution < -0.4 is 0 Å². The van der Waals surface area contributed by atoms with Crippen LogP contribution in [0.1, 0.15) is 66.6 Å². The number of ketones is 1. The second-order valence-electron chi connectivity index (χ2n) is 7.53. The summed E-state index contributed by atoms with van der Waals surface area (Å²) in [6, 6.07) is 4.04. The van der Waals surface area contributed by atoms with Crippen molar-refractivity contribution in [2.75, 3.05) is 0 Å². The molecule has 0 saturated heterocycles. The highest BCUT2D eigenvalue weighted by atomic mass is 31.0. The van der Waals surface area contributed by atoms with Gasteiger partial charge in [-0.2, -0.15) is 0 Å². The second kappa shape index (κ2) is 8.71. The van der Waals surface area contributed by atoms with Crippen molar-refractivity contribution < 1.29 is 19.3 Å². The SMILES string of the molecule is Cc1cc(C)c(C(=O)C2(C(C(=O)O)C(C)C)CCCC2)c(C)c1.O=P. The molecule has 1 N–H and O–H groups in total. The van der Waals surface area contributed by atoms with Gasteiger partial charge in [-0.1, -0.05) is 44.4 Å². The molecular formula is C20H29O4P. The summed E-state index contributed by atoms with van der Waals surface area (Å²) < 4.78 is 8.06. The number of hydrogen-bond donors (Lipinski definition) is 1. The van der Waals surface area contributed by atoms with Crippen LogP contribution in [0.4, 0.5) is 0 Å².